The Morgan fingerprint density at radius 2 is 2.09 bits per heavy atom. The average Bonchev–Trinajstić information content (AvgIpc) is 2.53. The number of halogens is 2. The summed E-state index contributed by atoms with van der Waals surface area (Å²) in [6.45, 7) is 0. The molecular formula is C16H15Cl2N3O. The van der Waals surface area contributed by atoms with Gasteiger partial charge in [-0.05, 0) is 49.1 Å². The second-order valence-corrected chi connectivity index (χ2v) is 5.87. The zero-order valence-corrected chi connectivity index (χ0v) is 13.6. The molecule has 1 aromatic carbocycles. The van der Waals surface area contributed by atoms with Gasteiger partial charge in [-0.3, -0.25) is 5.43 Å². The lowest BCUT2D eigenvalue weighted by Crippen LogP contribution is -2.14. The number of aromatic nitrogens is 1. The van der Waals surface area contributed by atoms with Crippen LogP contribution in [0.3, 0.4) is 0 Å². The monoisotopic (exact) mass is 335 g/mol. The number of aryl methyl sites for hydroxylation is 1. The van der Waals surface area contributed by atoms with Gasteiger partial charge in [0.2, 0.25) is 0 Å². The first-order valence-electron chi connectivity index (χ1n) is 6.98. The predicted molar refractivity (Wildman–Crippen MR) is 90.3 cm³/mol. The summed E-state index contributed by atoms with van der Waals surface area (Å²) in [5.74, 6) is 1.37. The molecule has 0 spiro atoms. The second kappa shape index (κ2) is 6.55. The third kappa shape index (κ3) is 3.18. The van der Waals surface area contributed by atoms with E-state index in [9.17, 15) is 0 Å². The summed E-state index contributed by atoms with van der Waals surface area (Å²) in [6.07, 6.45) is 4.54. The van der Waals surface area contributed by atoms with Gasteiger partial charge in [-0.15, -0.1) is 0 Å². The minimum absolute atomic E-state index is 0.447. The van der Waals surface area contributed by atoms with Crippen LogP contribution in [0, 0.1) is 0 Å². The fourth-order valence-corrected chi connectivity index (χ4v) is 2.92. The minimum atomic E-state index is 0.447. The van der Waals surface area contributed by atoms with E-state index in [1.54, 1.807) is 13.2 Å². The Morgan fingerprint density at radius 1 is 1.23 bits per heavy atom. The Hall–Kier alpha value is -1.78. The normalized spacial score (nSPS) is 15.5. The molecule has 114 valence electrons. The fourth-order valence-electron chi connectivity index (χ4n) is 2.50. The van der Waals surface area contributed by atoms with E-state index in [0.717, 1.165) is 36.3 Å². The van der Waals surface area contributed by atoms with Gasteiger partial charge in [0.05, 0.1) is 22.9 Å². The molecule has 1 aromatic heterocycles. The molecule has 1 aliphatic rings. The number of nitrogens with one attached hydrogen (secondary N) is 1. The van der Waals surface area contributed by atoms with Crippen molar-refractivity contribution in [3.63, 3.8) is 0 Å². The van der Waals surface area contributed by atoms with Crippen molar-refractivity contribution >= 4 is 34.7 Å². The van der Waals surface area contributed by atoms with Crippen LogP contribution in [0.5, 0.6) is 5.75 Å². The van der Waals surface area contributed by atoms with Crippen molar-refractivity contribution in [2.24, 2.45) is 5.10 Å². The van der Waals surface area contributed by atoms with Crippen LogP contribution in [0.4, 0.5) is 5.82 Å². The van der Waals surface area contributed by atoms with Crippen LogP contribution in [0.2, 0.25) is 10.0 Å². The highest BCUT2D eigenvalue weighted by Crippen LogP contribution is 2.27. The van der Waals surface area contributed by atoms with Crippen LogP contribution in [0.1, 0.15) is 24.0 Å². The van der Waals surface area contributed by atoms with Crippen LogP contribution in [0.15, 0.2) is 35.6 Å². The van der Waals surface area contributed by atoms with Gasteiger partial charge in [-0.1, -0.05) is 23.2 Å². The number of hydrazone groups is 1. The molecule has 1 heterocycles. The molecule has 1 N–H and O–H groups in total. The number of hydrogen-bond donors (Lipinski definition) is 1. The van der Waals surface area contributed by atoms with Gasteiger partial charge in [0.25, 0.3) is 0 Å². The first kappa shape index (κ1) is 15.1. The lowest BCUT2D eigenvalue weighted by molar-refractivity contribution is 0.414. The first-order valence-corrected chi connectivity index (χ1v) is 7.74. The van der Waals surface area contributed by atoms with Crippen LogP contribution in [-0.4, -0.2) is 17.8 Å². The highest BCUT2D eigenvalue weighted by Gasteiger charge is 2.16. The molecule has 4 nitrogen and oxygen atoms in total. The van der Waals surface area contributed by atoms with Gasteiger partial charge in [0.15, 0.2) is 5.82 Å². The van der Waals surface area contributed by atoms with Gasteiger partial charge in [-0.25, -0.2) is 4.98 Å². The number of pyridine rings is 1. The summed E-state index contributed by atoms with van der Waals surface area (Å²) in [5.41, 5.74) is 6.33. The summed E-state index contributed by atoms with van der Waals surface area (Å²) in [7, 11) is 1.68. The van der Waals surface area contributed by atoms with Crippen LogP contribution >= 0.6 is 23.2 Å². The SMILES string of the molecule is COc1ccc2c(c1)CCC/C2=N/Nc1ncc(Cl)cc1Cl. The molecule has 2 aromatic rings. The highest BCUT2D eigenvalue weighted by molar-refractivity contribution is 6.35. The van der Waals surface area contributed by atoms with Gasteiger partial charge < -0.3 is 4.74 Å². The number of methoxy groups -OCH3 is 1. The minimum Gasteiger partial charge on any atom is -0.497 e. The maximum Gasteiger partial charge on any atom is 0.165 e. The summed E-state index contributed by atoms with van der Waals surface area (Å²) in [5, 5.41) is 5.42. The molecular weight excluding hydrogens is 321 g/mol. The molecule has 3 rings (SSSR count). The molecule has 0 bridgehead atoms. The van der Waals surface area contributed by atoms with Crippen molar-refractivity contribution in [3.05, 3.63) is 51.6 Å². The van der Waals surface area contributed by atoms with Crippen LogP contribution in [-0.2, 0) is 6.42 Å². The average molecular weight is 336 g/mol. The molecule has 0 saturated heterocycles. The quantitative estimate of drug-likeness (QED) is 0.837. The fraction of sp³-hybridized carbons (Fsp3) is 0.250. The summed E-state index contributed by atoms with van der Waals surface area (Å²) < 4.78 is 5.28. The van der Waals surface area contributed by atoms with Crippen molar-refractivity contribution in [1.29, 1.82) is 0 Å². The molecule has 6 heteroatoms. The Kier molecular flexibility index (Phi) is 4.50. The number of fused-ring (bicyclic) bond motifs is 1. The van der Waals surface area contributed by atoms with E-state index in [1.807, 2.05) is 12.1 Å². The zero-order valence-electron chi connectivity index (χ0n) is 12.1. The Bertz CT molecular complexity index is 731. The molecule has 0 atom stereocenters. The molecule has 0 fully saturated rings. The van der Waals surface area contributed by atoms with Gasteiger partial charge in [0, 0.05) is 11.8 Å². The molecule has 22 heavy (non-hydrogen) atoms. The number of ether oxygens (including phenoxy) is 1. The molecule has 0 aliphatic heterocycles. The van der Waals surface area contributed by atoms with Crippen LogP contribution in [0.25, 0.3) is 0 Å². The first-order chi connectivity index (χ1) is 10.7. The number of anilines is 1. The molecule has 1 aliphatic carbocycles. The van der Waals surface area contributed by atoms with E-state index in [1.165, 1.54) is 11.8 Å². The van der Waals surface area contributed by atoms with Crippen molar-refractivity contribution in [2.45, 2.75) is 19.3 Å². The third-order valence-electron chi connectivity index (χ3n) is 3.59. The molecule has 0 unspecified atom stereocenters. The van der Waals surface area contributed by atoms with Crippen LogP contribution < -0.4 is 10.2 Å². The summed E-state index contributed by atoms with van der Waals surface area (Å²) in [6, 6.07) is 7.70. The topological polar surface area (TPSA) is 46.5 Å². The zero-order chi connectivity index (χ0) is 15.5. The highest BCUT2D eigenvalue weighted by atomic mass is 35.5. The number of nitrogens with zero attached hydrogens (tertiary/aromatic N) is 2. The second-order valence-electron chi connectivity index (χ2n) is 5.03. The number of rotatable bonds is 3. The van der Waals surface area contributed by atoms with E-state index < -0.39 is 0 Å². The molecule has 0 saturated carbocycles. The maximum atomic E-state index is 6.09. The lowest BCUT2D eigenvalue weighted by Gasteiger charge is -2.18. The van der Waals surface area contributed by atoms with Gasteiger partial charge in [-0.2, -0.15) is 5.10 Å². The largest absolute Gasteiger partial charge is 0.497 e. The van der Waals surface area contributed by atoms with Crippen molar-refractivity contribution < 1.29 is 4.74 Å². The summed E-state index contributed by atoms with van der Waals surface area (Å²) >= 11 is 11.9. The van der Waals surface area contributed by atoms with Crippen molar-refractivity contribution in [2.75, 3.05) is 12.5 Å². The summed E-state index contributed by atoms with van der Waals surface area (Å²) in [4.78, 5) is 4.14. The van der Waals surface area contributed by atoms with E-state index in [-0.39, 0.29) is 0 Å². The van der Waals surface area contributed by atoms with Crippen molar-refractivity contribution in [1.82, 2.24) is 4.98 Å². The van der Waals surface area contributed by atoms with Gasteiger partial charge in [0.1, 0.15) is 5.75 Å². The Morgan fingerprint density at radius 3 is 2.86 bits per heavy atom. The standard InChI is InChI=1S/C16H15Cl2N3O/c1-22-12-5-6-13-10(7-12)3-2-4-15(13)20-21-16-14(18)8-11(17)9-19-16/h5-9H,2-4H2,1H3,(H,19,21)/b20-15-. The number of benzene rings is 1. The van der Waals surface area contributed by atoms with E-state index >= 15 is 0 Å². The molecule has 0 radical (unpaired) electrons. The van der Waals surface area contributed by atoms with E-state index in [2.05, 4.69) is 21.6 Å². The third-order valence-corrected chi connectivity index (χ3v) is 4.08. The lowest BCUT2D eigenvalue weighted by atomic mass is 9.90. The van der Waals surface area contributed by atoms with Gasteiger partial charge >= 0.3 is 0 Å². The Labute approximate surface area is 139 Å². The van der Waals surface area contributed by atoms with Crippen molar-refractivity contribution in [3.8, 4) is 5.75 Å². The molecule has 0 amide bonds. The smallest absolute Gasteiger partial charge is 0.165 e. The van der Waals surface area contributed by atoms with E-state index in [4.69, 9.17) is 27.9 Å². The van der Waals surface area contributed by atoms with E-state index in [0.29, 0.717) is 15.9 Å². The predicted octanol–water partition coefficient (Wildman–Crippen LogP) is 4.55. The number of hydrogen-bond acceptors (Lipinski definition) is 4. The maximum absolute atomic E-state index is 6.09. The Balaban J connectivity index is 1.87.